The number of nitrogens with two attached hydrogens (primary N) is 1. The van der Waals surface area contributed by atoms with Gasteiger partial charge in [0, 0.05) is 16.9 Å². The first-order valence-electron chi connectivity index (χ1n) is 6.63. The van der Waals surface area contributed by atoms with E-state index < -0.39 is 0 Å². The highest BCUT2D eigenvalue weighted by Crippen LogP contribution is 2.26. The molecule has 0 fully saturated rings. The largest absolute Gasteiger partial charge is 0.424 e. The van der Waals surface area contributed by atoms with Gasteiger partial charge in [0.25, 0.3) is 0 Å². The second kappa shape index (κ2) is 6.20. The summed E-state index contributed by atoms with van der Waals surface area (Å²) in [4.78, 5) is 8.38. The minimum atomic E-state index is 0.340. The van der Waals surface area contributed by atoms with Gasteiger partial charge in [-0.2, -0.15) is 0 Å². The highest BCUT2D eigenvalue weighted by Gasteiger charge is 2.03. The summed E-state index contributed by atoms with van der Waals surface area (Å²) in [6, 6.07) is 12.3. The predicted molar refractivity (Wildman–Crippen MR) is 86.5 cm³/mol. The fourth-order valence-corrected chi connectivity index (χ4v) is 2.43. The molecule has 4 nitrogen and oxygen atoms in total. The molecule has 106 valence electrons. The summed E-state index contributed by atoms with van der Waals surface area (Å²) < 4.78 is 6.74. The van der Waals surface area contributed by atoms with Crippen molar-refractivity contribution in [2.75, 3.05) is 6.54 Å². The van der Waals surface area contributed by atoms with Gasteiger partial charge in [0.2, 0.25) is 0 Å². The summed E-state index contributed by atoms with van der Waals surface area (Å²) in [5.41, 5.74) is 6.50. The lowest BCUT2D eigenvalue weighted by Gasteiger charge is -2.06. The molecule has 0 spiro atoms. The van der Waals surface area contributed by atoms with E-state index in [9.17, 15) is 0 Å². The van der Waals surface area contributed by atoms with Gasteiger partial charge in [0.15, 0.2) is 0 Å². The molecule has 1 aromatic heterocycles. The molecule has 0 aliphatic rings. The van der Waals surface area contributed by atoms with E-state index >= 15 is 0 Å². The van der Waals surface area contributed by atoms with E-state index in [0.717, 1.165) is 33.0 Å². The summed E-state index contributed by atoms with van der Waals surface area (Å²) in [5.74, 6) is 0.719. The Labute approximate surface area is 131 Å². The topological polar surface area (TPSA) is 61.0 Å². The molecule has 0 atom stereocenters. The Kier molecular flexibility index (Phi) is 4.13. The summed E-state index contributed by atoms with van der Waals surface area (Å²) in [7, 11) is 0. The molecule has 0 unspecified atom stereocenters. The fraction of sp³-hybridized carbons (Fsp3) is 0.125. The maximum absolute atomic E-state index is 5.68. The lowest BCUT2D eigenvalue weighted by Crippen LogP contribution is -2.03. The molecule has 1 heterocycles. The molecule has 3 rings (SSSR count). The van der Waals surface area contributed by atoms with E-state index in [4.69, 9.17) is 10.5 Å². The van der Waals surface area contributed by atoms with Crippen LogP contribution in [0.1, 0.15) is 5.56 Å². The van der Waals surface area contributed by atoms with Crippen molar-refractivity contribution >= 4 is 26.7 Å². The number of aromatic nitrogens is 2. The third-order valence-corrected chi connectivity index (χ3v) is 3.59. The Hall–Kier alpha value is -1.98. The Morgan fingerprint density at radius 3 is 2.48 bits per heavy atom. The molecule has 0 radical (unpaired) electrons. The summed E-state index contributed by atoms with van der Waals surface area (Å²) >= 11 is 3.46. The molecule has 3 aromatic rings. The van der Waals surface area contributed by atoms with Gasteiger partial charge in [-0.05, 0) is 53.6 Å². The minimum Gasteiger partial charge on any atom is -0.424 e. The fourth-order valence-electron chi connectivity index (χ4n) is 2.05. The van der Waals surface area contributed by atoms with Crippen LogP contribution in [-0.4, -0.2) is 16.5 Å². The molecule has 0 saturated carbocycles. The maximum atomic E-state index is 5.68. The quantitative estimate of drug-likeness (QED) is 0.784. The van der Waals surface area contributed by atoms with Gasteiger partial charge in [-0.1, -0.05) is 28.1 Å². The number of ether oxygens (including phenoxy) is 1. The lowest BCUT2D eigenvalue weighted by molar-refractivity contribution is 0.441. The van der Waals surface area contributed by atoms with E-state index in [1.54, 1.807) is 12.4 Å². The monoisotopic (exact) mass is 343 g/mol. The Bertz CT molecular complexity index is 759. The van der Waals surface area contributed by atoms with Crippen molar-refractivity contribution in [2.24, 2.45) is 5.73 Å². The van der Waals surface area contributed by atoms with Crippen LogP contribution in [-0.2, 0) is 6.42 Å². The molecule has 0 amide bonds. The van der Waals surface area contributed by atoms with Crippen LogP contribution in [0.4, 0.5) is 0 Å². The first-order valence-corrected chi connectivity index (χ1v) is 7.42. The van der Waals surface area contributed by atoms with Gasteiger partial charge in [-0.15, -0.1) is 0 Å². The molecule has 0 aliphatic heterocycles. The van der Waals surface area contributed by atoms with E-state index in [1.807, 2.05) is 30.3 Å². The first kappa shape index (κ1) is 14.0. The molecular weight excluding hydrogens is 330 g/mol. The molecular formula is C16H14BrN3O. The molecule has 0 saturated heterocycles. The van der Waals surface area contributed by atoms with Crippen LogP contribution in [0.3, 0.4) is 0 Å². The number of hydrogen-bond acceptors (Lipinski definition) is 4. The van der Waals surface area contributed by atoms with Crippen molar-refractivity contribution in [3.8, 4) is 11.8 Å². The smallest absolute Gasteiger partial charge is 0.321 e. The van der Waals surface area contributed by atoms with Gasteiger partial charge in [0.05, 0.1) is 0 Å². The molecule has 5 heteroatoms. The SMILES string of the molecule is NCCc1cnc(Oc2ccc3cc(Br)ccc3c2)nc1. The lowest BCUT2D eigenvalue weighted by atomic mass is 10.1. The number of rotatable bonds is 4. The van der Waals surface area contributed by atoms with Gasteiger partial charge in [-0.25, -0.2) is 9.97 Å². The third-order valence-electron chi connectivity index (χ3n) is 3.10. The highest BCUT2D eigenvalue weighted by atomic mass is 79.9. The van der Waals surface area contributed by atoms with Crippen LogP contribution < -0.4 is 10.5 Å². The van der Waals surface area contributed by atoms with Crippen LogP contribution >= 0.6 is 15.9 Å². The van der Waals surface area contributed by atoms with E-state index in [2.05, 4.69) is 32.0 Å². The molecule has 0 bridgehead atoms. The second-order valence-corrected chi connectivity index (χ2v) is 5.58. The number of fused-ring (bicyclic) bond motifs is 1. The van der Waals surface area contributed by atoms with Crippen LogP contribution in [0.25, 0.3) is 10.8 Å². The number of nitrogens with zero attached hydrogens (tertiary/aromatic N) is 2. The number of benzene rings is 2. The van der Waals surface area contributed by atoms with Crippen LogP contribution in [0.15, 0.2) is 53.3 Å². The Morgan fingerprint density at radius 1 is 1.00 bits per heavy atom. The number of halogens is 1. The Balaban J connectivity index is 1.82. The molecule has 2 aromatic carbocycles. The van der Waals surface area contributed by atoms with Crippen molar-refractivity contribution in [3.05, 3.63) is 58.8 Å². The van der Waals surface area contributed by atoms with Gasteiger partial charge in [0.1, 0.15) is 5.75 Å². The van der Waals surface area contributed by atoms with E-state index in [0.29, 0.717) is 12.6 Å². The number of hydrogen-bond donors (Lipinski definition) is 1. The van der Waals surface area contributed by atoms with Crippen molar-refractivity contribution in [1.82, 2.24) is 9.97 Å². The maximum Gasteiger partial charge on any atom is 0.321 e. The Morgan fingerprint density at radius 2 is 1.71 bits per heavy atom. The van der Waals surface area contributed by atoms with Crippen molar-refractivity contribution in [1.29, 1.82) is 0 Å². The molecule has 21 heavy (non-hydrogen) atoms. The van der Waals surface area contributed by atoms with Gasteiger partial charge >= 0.3 is 6.01 Å². The van der Waals surface area contributed by atoms with Gasteiger partial charge < -0.3 is 10.5 Å². The van der Waals surface area contributed by atoms with Crippen molar-refractivity contribution in [3.63, 3.8) is 0 Å². The molecule has 2 N–H and O–H groups in total. The average Bonchev–Trinajstić information content (AvgIpc) is 2.50. The summed E-state index contributed by atoms with van der Waals surface area (Å²) in [6.45, 7) is 0.587. The molecule has 0 aliphatic carbocycles. The zero-order valence-corrected chi connectivity index (χ0v) is 12.9. The standard InChI is InChI=1S/C16H14BrN3O/c17-14-3-1-13-8-15(4-2-12(13)7-14)21-16-19-9-11(5-6-18)10-20-16/h1-4,7-10H,5-6,18H2. The highest BCUT2D eigenvalue weighted by molar-refractivity contribution is 9.10. The summed E-state index contributed by atoms with van der Waals surface area (Å²) in [6.07, 6.45) is 4.26. The first-order chi connectivity index (χ1) is 10.2. The second-order valence-electron chi connectivity index (χ2n) is 4.67. The van der Waals surface area contributed by atoms with E-state index in [1.165, 1.54) is 0 Å². The van der Waals surface area contributed by atoms with Gasteiger partial charge in [-0.3, -0.25) is 0 Å². The van der Waals surface area contributed by atoms with Crippen LogP contribution in [0.2, 0.25) is 0 Å². The van der Waals surface area contributed by atoms with Crippen molar-refractivity contribution in [2.45, 2.75) is 6.42 Å². The van der Waals surface area contributed by atoms with Crippen molar-refractivity contribution < 1.29 is 4.74 Å². The predicted octanol–water partition coefficient (Wildman–Crippen LogP) is 3.69. The zero-order valence-electron chi connectivity index (χ0n) is 11.3. The zero-order chi connectivity index (χ0) is 14.7. The van der Waals surface area contributed by atoms with Crippen LogP contribution in [0.5, 0.6) is 11.8 Å². The normalized spacial score (nSPS) is 10.8. The average molecular weight is 344 g/mol. The summed E-state index contributed by atoms with van der Waals surface area (Å²) in [5, 5.41) is 2.26. The third kappa shape index (κ3) is 3.37. The minimum absolute atomic E-state index is 0.340. The van der Waals surface area contributed by atoms with E-state index in [-0.39, 0.29) is 0 Å². The van der Waals surface area contributed by atoms with Crippen LogP contribution in [0, 0.1) is 0 Å².